The molecule has 0 bridgehead atoms. The van der Waals surface area contributed by atoms with E-state index in [1.54, 1.807) is 5.38 Å². The Morgan fingerprint density at radius 3 is 2.95 bits per heavy atom. The molecule has 2 aromatic heterocycles. The summed E-state index contributed by atoms with van der Waals surface area (Å²) in [6.07, 6.45) is 1.50. The number of aryl methyl sites for hydroxylation is 1. The largest absolute Gasteiger partial charge is 0.383 e. The number of hydrogen-bond donors (Lipinski definition) is 1. The lowest BCUT2D eigenvalue weighted by Gasteiger charge is -2.08. The second-order valence-corrected chi connectivity index (χ2v) is 6.35. The van der Waals surface area contributed by atoms with E-state index in [2.05, 4.69) is 9.71 Å². The summed E-state index contributed by atoms with van der Waals surface area (Å²) in [6.45, 7) is 1.84. The van der Waals surface area contributed by atoms with Crippen molar-refractivity contribution in [3.63, 3.8) is 0 Å². The highest BCUT2D eigenvalue weighted by Crippen LogP contribution is 2.12. The van der Waals surface area contributed by atoms with Gasteiger partial charge in [-0.3, -0.25) is 9.20 Å². The molecule has 0 amide bonds. The van der Waals surface area contributed by atoms with Gasteiger partial charge in [0.1, 0.15) is 0 Å². The van der Waals surface area contributed by atoms with E-state index in [0.717, 1.165) is 0 Å². The molecule has 19 heavy (non-hydrogen) atoms. The van der Waals surface area contributed by atoms with Crippen LogP contribution in [-0.2, 0) is 14.8 Å². The zero-order valence-electron chi connectivity index (χ0n) is 10.4. The average Bonchev–Trinajstić information content (AvgIpc) is 2.77. The van der Waals surface area contributed by atoms with Gasteiger partial charge in [0.25, 0.3) is 5.56 Å². The Kier molecular flexibility index (Phi) is 3.99. The standard InChI is InChI=1S/C10H13N3O4S2/c1-7-8(19(15,16)11-3-5-17-2)9(14)13-4-6-18-10(13)12-7/h4,6,11H,3,5H2,1-2H3. The fraction of sp³-hybridized carbons (Fsp3) is 0.400. The summed E-state index contributed by atoms with van der Waals surface area (Å²) in [5.41, 5.74) is -0.397. The summed E-state index contributed by atoms with van der Waals surface area (Å²) in [6, 6.07) is 0. The van der Waals surface area contributed by atoms with E-state index in [-0.39, 0.29) is 23.7 Å². The second kappa shape index (κ2) is 5.37. The molecule has 0 aliphatic heterocycles. The molecule has 0 saturated heterocycles. The topological polar surface area (TPSA) is 89.8 Å². The zero-order valence-corrected chi connectivity index (χ0v) is 12.0. The average molecular weight is 303 g/mol. The lowest BCUT2D eigenvalue weighted by molar-refractivity contribution is 0.204. The van der Waals surface area contributed by atoms with Crippen molar-refractivity contribution in [1.82, 2.24) is 14.1 Å². The molecule has 0 aliphatic carbocycles. The van der Waals surface area contributed by atoms with Crippen LogP contribution < -0.4 is 10.3 Å². The SMILES string of the molecule is COCCNS(=O)(=O)c1c(C)nc2sccn2c1=O. The molecule has 0 atom stereocenters. The minimum absolute atomic E-state index is 0.101. The summed E-state index contributed by atoms with van der Waals surface area (Å²) < 4.78 is 32.5. The van der Waals surface area contributed by atoms with Crippen LogP contribution in [0.4, 0.5) is 0 Å². The van der Waals surface area contributed by atoms with Crippen molar-refractivity contribution >= 4 is 26.3 Å². The van der Waals surface area contributed by atoms with Gasteiger partial charge in [-0.25, -0.2) is 18.1 Å². The minimum Gasteiger partial charge on any atom is -0.383 e. The molecular formula is C10H13N3O4S2. The molecule has 0 aromatic carbocycles. The van der Waals surface area contributed by atoms with Gasteiger partial charge in [0.15, 0.2) is 9.86 Å². The predicted octanol–water partition coefficient (Wildman–Crippen LogP) is -0.0109. The molecule has 2 heterocycles. The van der Waals surface area contributed by atoms with E-state index in [1.807, 2.05) is 0 Å². The van der Waals surface area contributed by atoms with Crippen molar-refractivity contribution in [3.8, 4) is 0 Å². The lowest BCUT2D eigenvalue weighted by atomic mass is 10.4. The first-order valence-electron chi connectivity index (χ1n) is 5.42. The van der Waals surface area contributed by atoms with Crippen LogP contribution in [0.2, 0.25) is 0 Å². The molecule has 0 unspecified atom stereocenters. The monoisotopic (exact) mass is 303 g/mol. The van der Waals surface area contributed by atoms with Crippen molar-refractivity contribution in [2.45, 2.75) is 11.8 Å². The number of nitrogens with zero attached hydrogens (tertiary/aromatic N) is 2. The van der Waals surface area contributed by atoms with E-state index < -0.39 is 15.6 Å². The maximum Gasteiger partial charge on any atom is 0.279 e. The minimum atomic E-state index is -3.88. The number of rotatable bonds is 5. The summed E-state index contributed by atoms with van der Waals surface area (Å²) in [5, 5.41) is 1.68. The van der Waals surface area contributed by atoms with Gasteiger partial charge in [-0.15, -0.1) is 11.3 Å². The highest BCUT2D eigenvalue weighted by Gasteiger charge is 2.23. The van der Waals surface area contributed by atoms with Crippen molar-refractivity contribution in [2.75, 3.05) is 20.3 Å². The third kappa shape index (κ3) is 2.68. The molecule has 0 fully saturated rings. The zero-order chi connectivity index (χ0) is 14.0. The van der Waals surface area contributed by atoms with E-state index in [4.69, 9.17) is 4.74 Å². The Hall–Kier alpha value is -1.29. The number of aromatic nitrogens is 2. The first-order chi connectivity index (χ1) is 8.97. The molecule has 2 aromatic rings. The number of sulfonamides is 1. The Labute approximate surface area is 113 Å². The molecule has 0 radical (unpaired) electrons. The van der Waals surface area contributed by atoms with Crippen LogP contribution in [0.5, 0.6) is 0 Å². The van der Waals surface area contributed by atoms with Crippen molar-refractivity contribution < 1.29 is 13.2 Å². The smallest absolute Gasteiger partial charge is 0.279 e. The summed E-state index contributed by atoms with van der Waals surface area (Å²) in [5.74, 6) is 0. The van der Waals surface area contributed by atoms with Gasteiger partial charge in [0.05, 0.1) is 12.3 Å². The van der Waals surface area contributed by atoms with Gasteiger partial charge in [-0.1, -0.05) is 0 Å². The molecule has 0 aliphatic rings. The molecule has 0 saturated carbocycles. The van der Waals surface area contributed by atoms with Crippen molar-refractivity contribution in [3.05, 3.63) is 27.6 Å². The molecule has 104 valence electrons. The van der Waals surface area contributed by atoms with Crippen LogP contribution >= 0.6 is 11.3 Å². The molecule has 9 heteroatoms. The van der Waals surface area contributed by atoms with Gasteiger partial charge >= 0.3 is 0 Å². The van der Waals surface area contributed by atoms with Gasteiger partial charge < -0.3 is 4.74 Å². The van der Waals surface area contributed by atoms with Crippen LogP contribution in [-0.4, -0.2) is 38.1 Å². The van der Waals surface area contributed by atoms with E-state index in [9.17, 15) is 13.2 Å². The van der Waals surface area contributed by atoms with Crippen LogP contribution in [0.15, 0.2) is 21.3 Å². The number of methoxy groups -OCH3 is 1. The highest BCUT2D eigenvalue weighted by atomic mass is 32.2. The van der Waals surface area contributed by atoms with Crippen LogP contribution in [0, 0.1) is 6.92 Å². The Balaban J connectivity index is 2.52. The normalized spacial score (nSPS) is 12.1. The van der Waals surface area contributed by atoms with E-state index in [0.29, 0.717) is 4.96 Å². The van der Waals surface area contributed by atoms with Gasteiger partial charge in [0.2, 0.25) is 10.0 Å². The maximum absolute atomic E-state index is 12.2. The van der Waals surface area contributed by atoms with E-state index >= 15 is 0 Å². The second-order valence-electron chi connectivity index (χ2n) is 3.78. The Morgan fingerprint density at radius 1 is 1.53 bits per heavy atom. The number of thiazole rings is 1. The molecule has 2 rings (SSSR count). The summed E-state index contributed by atoms with van der Waals surface area (Å²) in [7, 11) is -2.42. The Morgan fingerprint density at radius 2 is 2.26 bits per heavy atom. The third-order valence-corrected chi connectivity index (χ3v) is 4.81. The molecule has 7 nitrogen and oxygen atoms in total. The number of ether oxygens (including phenoxy) is 1. The van der Waals surface area contributed by atoms with Crippen molar-refractivity contribution in [1.29, 1.82) is 0 Å². The Bertz CT molecular complexity index is 748. The predicted molar refractivity (Wildman–Crippen MR) is 71.1 cm³/mol. The number of fused-ring (bicyclic) bond motifs is 1. The van der Waals surface area contributed by atoms with Crippen LogP contribution in [0.1, 0.15) is 5.69 Å². The van der Waals surface area contributed by atoms with E-state index in [1.165, 1.54) is 36.0 Å². The van der Waals surface area contributed by atoms with Crippen molar-refractivity contribution in [2.24, 2.45) is 0 Å². The van der Waals surface area contributed by atoms with Gasteiger partial charge in [0, 0.05) is 25.2 Å². The van der Waals surface area contributed by atoms with Crippen LogP contribution in [0.3, 0.4) is 0 Å². The first-order valence-corrected chi connectivity index (χ1v) is 7.78. The highest BCUT2D eigenvalue weighted by molar-refractivity contribution is 7.89. The fourth-order valence-electron chi connectivity index (χ4n) is 1.63. The molecular weight excluding hydrogens is 290 g/mol. The number of nitrogens with one attached hydrogen (secondary N) is 1. The van der Waals surface area contributed by atoms with Gasteiger partial charge in [-0.2, -0.15) is 0 Å². The summed E-state index contributed by atoms with van der Waals surface area (Å²) in [4.78, 5) is 16.4. The quantitative estimate of drug-likeness (QED) is 0.785. The van der Waals surface area contributed by atoms with Crippen LogP contribution in [0.25, 0.3) is 4.96 Å². The first kappa shape index (κ1) is 14.1. The maximum atomic E-state index is 12.2. The lowest BCUT2D eigenvalue weighted by Crippen LogP contribution is -2.34. The summed E-state index contributed by atoms with van der Waals surface area (Å²) >= 11 is 1.27. The van der Waals surface area contributed by atoms with Gasteiger partial charge in [-0.05, 0) is 6.92 Å². The molecule has 1 N–H and O–H groups in total. The number of hydrogen-bond acceptors (Lipinski definition) is 6. The molecule has 0 spiro atoms. The third-order valence-electron chi connectivity index (χ3n) is 2.46. The fourth-order valence-corrected chi connectivity index (χ4v) is 3.64.